The van der Waals surface area contributed by atoms with Crippen LogP contribution in [0.1, 0.15) is 5.56 Å². The molecule has 3 aromatic rings. The second kappa shape index (κ2) is 4.20. The average molecular weight is 274 g/mol. The van der Waals surface area contributed by atoms with Crippen molar-refractivity contribution in [3.05, 3.63) is 41.7 Å². The monoisotopic (exact) mass is 274 g/mol. The standard InChI is InChI=1S/C14H11FN2OS/c1-7-4-9(16)6-10(13(7)18)14-17-11-3-2-8(15)5-12(11)19-14/h2-6,18H,16H2,1H3. The van der Waals surface area contributed by atoms with Gasteiger partial charge in [-0.2, -0.15) is 0 Å². The van der Waals surface area contributed by atoms with E-state index in [0.29, 0.717) is 27.3 Å². The largest absolute Gasteiger partial charge is 0.507 e. The molecule has 0 unspecified atom stereocenters. The molecule has 3 rings (SSSR count). The van der Waals surface area contributed by atoms with Crippen LogP contribution in [0.25, 0.3) is 20.8 Å². The van der Waals surface area contributed by atoms with E-state index in [-0.39, 0.29) is 11.6 Å². The first-order valence-electron chi connectivity index (χ1n) is 5.70. The number of aromatic hydroxyl groups is 1. The maximum atomic E-state index is 13.2. The number of rotatable bonds is 1. The summed E-state index contributed by atoms with van der Waals surface area (Å²) in [6, 6.07) is 7.81. The van der Waals surface area contributed by atoms with Crippen molar-refractivity contribution in [1.29, 1.82) is 0 Å². The van der Waals surface area contributed by atoms with Gasteiger partial charge in [0.05, 0.1) is 15.8 Å². The van der Waals surface area contributed by atoms with Crippen LogP contribution in [0.3, 0.4) is 0 Å². The third-order valence-corrected chi connectivity index (χ3v) is 3.96. The number of benzene rings is 2. The molecule has 5 heteroatoms. The second-order valence-corrected chi connectivity index (χ2v) is 5.40. The molecule has 96 valence electrons. The Bertz CT molecular complexity index is 782. The molecule has 0 aliphatic heterocycles. The zero-order chi connectivity index (χ0) is 13.6. The summed E-state index contributed by atoms with van der Waals surface area (Å²) >= 11 is 1.33. The van der Waals surface area contributed by atoms with Crippen molar-refractivity contribution in [2.45, 2.75) is 6.92 Å². The Hall–Kier alpha value is -2.14. The van der Waals surface area contributed by atoms with Crippen molar-refractivity contribution in [2.24, 2.45) is 0 Å². The Labute approximate surface area is 113 Å². The van der Waals surface area contributed by atoms with Crippen molar-refractivity contribution in [2.75, 3.05) is 5.73 Å². The number of phenolic OH excluding ortho intramolecular Hbond substituents is 1. The Morgan fingerprint density at radius 3 is 2.84 bits per heavy atom. The van der Waals surface area contributed by atoms with Crippen LogP contribution in [0.15, 0.2) is 30.3 Å². The van der Waals surface area contributed by atoms with Gasteiger partial charge in [-0.1, -0.05) is 0 Å². The van der Waals surface area contributed by atoms with Crippen LogP contribution < -0.4 is 5.73 Å². The van der Waals surface area contributed by atoms with Gasteiger partial charge in [-0.05, 0) is 42.8 Å². The van der Waals surface area contributed by atoms with E-state index in [4.69, 9.17) is 5.73 Å². The van der Waals surface area contributed by atoms with E-state index in [1.54, 1.807) is 25.1 Å². The lowest BCUT2D eigenvalue weighted by Gasteiger charge is -2.05. The van der Waals surface area contributed by atoms with Gasteiger partial charge in [0.2, 0.25) is 0 Å². The van der Waals surface area contributed by atoms with Crippen molar-refractivity contribution < 1.29 is 9.50 Å². The smallest absolute Gasteiger partial charge is 0.128 e. The number of fused-ring (bicyclic) bond motifs is 1. The van der Waals surface area contributed by atoms with Gasteiger partial charge in [-0.3, -0.25) is 0 Å². The van der Waals surface area contributed by atoms with E-state index >= 15 is 0 Å². The predicted octanol–water partition coefficient (Wildman–Crippen LogP) is 3.70. The summed E-state index contributed by atoms with van der Waals surface area (Å²) in [5, 5.41) is 10.7. The number of nitrogens with zero attached hydrogens (tertiary/aromatic N) is 1. The number of phenols is 1. The first-order chi connectivity index (χ1) is 9.04. The quantitative estimate of drug-likeness (QED) is 0.525. The van der Waals surface area contributed by atoms with Crippen molar-refractivity contribution in [3.8, 4) is 16.3 Å². The molecule has 19 heavy (non-hydrogen) atoms. The molecule has 0 fully saturated rings. The van der Waals surface area contributed by atoms with Crippen molar-refractivity contribution in [3.63, 3.8) is 0 Å². The van der Waals surface area contributed by atoms with Crippen molar-refractivity contribution in [1.82, 2.24) is 4.98 Å². The van der Waals surface area contributed by atoms with Gasteiger partial charge < -0.3 is 10.8 Å². The van der Waals surface area contributed by atoms with E-state index in [9.17, 15) is 9.50 Å². The lowest BCUT2D eigenvalue weighted by molar-refractivity contribution is 0.473. The summed E-state index contributed by atoms with van der Waals surface area (Å²) in [7, 11) is 0. The number of aryl methyl sites for hydroxylation is 1. The normalized spacial score (nSPS) is 11.1. The molecule has 0 saturated carbocycles. The molecule has 0 saturated heterocycles. The average Bonchev–Trinajstić information content (AvgIpc) is 2.76. The highest BCUT2D eigenvalue weighted by atomic mass is 32.1. The molecule has 1 heterocycles. The fourth-order valence-corrected chi connectivity index (χ4v) is 2.99. The predicted molar refractivity (Wildman–Crippen MR) is 75.8 cm³/mol. The van der Waals surface area contributed by atoms with Gasteiger partial charge in [0.15, 0.2) is 0 Å². The Morgan fingerprint density at radius 1 is 1.26 bits per heavy atom. The minimum Gasteiger partial charge on any atom is -0.507 e. The maximum Gasteiger partial charge on any atom is 0.128 e. The van der Waals surface area contributed by atoms with Crippen LogP contribution >= 0.6 is 11.3 Å². The number of nitrogens with two attached hydrogens (primary N) is 1. The molecule has 0 aliphatic rings. The van der Waals surface area contributed by atoms with Crippen LogP contribution in [0, 0.1) is 12.7 Å². The Balaban J connectivity index is 2.24. The molecule has 0 radical (unpaired) electrons. The molecular weight excluding hydrogens is 263 g/mol. The molecule has 1 aromatic heterocycles. The van der Waals surface area contributed by atoms with Crippen LogP contribution in [0.4, 0.5) is 10.1 Å². The number of halogens is 1. The maximum absolute atomic E-state index is 13.2. The van der Waals surface area contributed by atoms with E-state index in [0.717, 1.165) is 4.70 Å². The van der Waals surface area contributed by atoms with E-state index < -0.39 is 0 Å². The lowest BCUT2D eigenvalue weighted by Crippen LogP contribution is -1.89. The molecule has 2 aromatic carbocycles. The molecule has 0 atom stereocenters. The number of nitrogen functional groups attached to an aromatic ring is 1. The summed E-state index contributed by atoms with van der Waals surface area (Å²) in [5.74, 6) is -0.135. The highest BCUT2D eigenvalue weighted by molar-refractivity contribution is 7.21. The van der Waals surface area contributed by atoms with Gasteiger partial charge in [-0.25, -0.2) is 9.37 Å². The van der Waals surface area contributed by atoms with E-state index in [2.05, 4.69) is 4.98 Å². The fraction of sp³-hybridized carbons (Fsp3) is 0.0714. The van der Waals surface area contributed by atoms with Crippen LogP contribution in [-0.4, -0.2) is 10.1 Å². The van der Waals surface area contributed by atoms with E-state index in [1.165, 1.54) is 23.5 Å². The van der Waals surface area contributed by atoms with Crippen LogP contribution in [0.2, 0.25) is 0 Å². The topological polar surface area (TPSA) is 59.1 Å². The first-order valence-corrected chi connectivity index (χ1v) is 6.52. The summed E-state index contributed by atoms with van der Waals surface area (Å²) in [4.78, 5) is 4.40. The number of aromatic nitrogens is 1. The minimum absolute atomic E-state index is 0.161. The zero-order valence-corrected chi connectivity index (χ0v) is 11.0. The highest BCUT2D eigenvalue weighted by Gasteiger charge is 2.13. The van der Waals surface area contributed by atoms with Crippen LogP contribution in [0.5, 0.6) is 5.75 Å². The summed E-state index contributed by atoms with van der Waals surface area (Å²) in [5.41, 5.74) is 8.34. The summed E-state index contributed by atoms with van der Waals surface area (Å²) < 4.78 is 13.9. The third kappa shape index (κ3) is 2.02. The van der Waals surface area contributed by atoms with Gasteiger partial charge in [0, 0.05) is 5.69 Å². The Kier molecular flexibility index (Phi) is 2.64. The molecule has 0 aliphatic carbocycles. The Morgan fingerprint density at radius 2 is 2.05 bits per heavy atom. The van der Waals surface area contributed by atoms with Crippen LogP contribution in [-0.2, 0) is 0 Å². The van der Waals surface area contributed by atoms with Gasteiger partial charge in [-0.15, -0.1) is 11.3 Å². The summed E-state index contributed by atoms with van der Waals surface area (Å²) in [6.07, 6.45) is 0. The molecule has 3 nitrogen and oxygen atoms in total. The molecule has 0 amide bonds. The first kappa shape index (κ1) is 11.9. The third-order valence-electron chi connectivity index (χ3n) is 2.90. The molecular formula is C14H11FN2OS. The number of thiazole rings is 1. The second-order valence-electron chi connectivity index (χ2n) is 4.37. The fourth-order valence-electron chi connectivity index (χ4n) is 1.98. The highest BCUT2D eigenvalue weighted by Crippen LogP contribution is 2.38. The lowest BCUT2D eigenvalue weighted by atomic mass is 10.1. The molecule has 0 spiro atoms. The molecule has 3 N–H and O–H groups in total. The number of hydrogen-bond donors (Lipinski definition) is 2. The molecule has 0 bridgehead atoms. The number of hydrogen-bond acceptors (Lipinski definition) is 4. The number of anilines is 1. The van der Waals surface area contributed by atoms with Crippen molar-refractivity contribution >= 4 is 27.2 Å². The minimum atomic E-state index is -0.296. The van der Waals surface area contributed by atoms with Gasteiger partial charge >= 0.3 is 0 Å². The van der Waals surface area contributed by atoms with E-state index in [1.807, 2.05) is 0 Å². The van der Waals surface area contributed by atoms with Gasteiger partial charge in [0.25, 0.3) is 0 Å². The SMILES string of the molecule is Cc1cc(N)cc(-c2nc3ccc(F)cc3s2)c1O. The zero-order valence-electron chi connectivity index (χ0n) is 10.1. The summed E-state index contributed by atoms with van der Waals surface area (Å²) in [6.45, 7) is 1.78. The van der Waals surface area contributed by atoms with Gasteiger partial charge in [0.1, 0.15) is 16.6 Å².